The fraction of sp³-hybridized carbons (Fsp3) is 0.769. The first-order valence-electron chi connectivity index (χ1n) is 6.28. The van der Waals surface area contributed by atoms with E-state index in [0.29, 0.717) is 5.41 Å². The summed E-state index contributed by atoms with van der Waals surface area (Å²) in [5.41, 5.74) is 2.79. The van der Waals surface area contributed by atoms with E-state index < -0.39 is 0 Å². The highest BCUT2D eigenvalue weighted by Gasteiger charge is 2.53. The molecule has 17 heavy (non-hydrogen) atoms. The van der Waals surface area contributed by atoms with E-state index in [4.69, 9.17) is 11.6 Å². The molecule has 4 heteroatoms. The van der Waals surface area contributed by atoms with Crippen LogP contribution in [0.5, 0.6) is 0 Å². The Balaban J connectivity index is 1.85. The summed E-state index contributed by atoms with van der Waals surface area (Å²) >= 11 is 10.1. The molecule has 2 atom stereocenters. The van der Waals surface area contributed by atoms with Crippen molar-refractivity contribution in [3.63, 3.8) is 0 Å². The Labute approximate surface area is 116 Å². The molecule has 2 nitrogen and oxygen atoms in total. The molecule has 2 aliphatic rings. The topological polar surface area (TPSA) is 17.8 Å². The monoisotopic (exact) mass is 316 g/mol. The molecule has 1 aromatic rings. The summed E-state index contributed by atoms with van der Waals surface area (Å²) in [4.78, 5) is 0. The van der Waals surface area contributed by atoms with Crippen molar-refractivity contribution in [1.82, 2.24) is 9.78 Å². The molecule has 0 bridgehead atoms. The van der Waals surface area contributed by atoms with Crippen LogP contribution in [0.3, 0.4) is 0 Å². The summed E-state index contributed by atoms with van der Waals surface area (Å²) in [7, 11) is 1.92. The van der Waals surface area contributed by atoms with Gasteiger partial charge in [-0.3, -0.25) is 4.68 Å². The second kappa shape index (κ2) is 3.99. The van der Waals surface area contributed by atoms with Crippen LogP contribution < -0.4 is 0 Å². The molecule has 0 aliphatic heterocycles. The third-order valence-corrected chi connectivity index (χ3v) is 6.23. The zero-order valence-electron chi connectivity index (χ0n) is 10.3. The van der Waals surface area contributed by atoms with E-state index >= 15 is 0 Å². The smallest absolute Gasteiger partial charge is 0.130 e. The van der Waals surface area contributed by atoms with Crippen LogP contribution in [0.1, 0.15) is 30.5 Å². The Kier molecular flexibility index (Phi) is 2.82. The van der Waals surface area contributed by atoms with Crippen LogP contribution in [-0.4, -0.2) is 15.1 Å². The minimum Gasteiger partial charge on any atom is -0.257 e. The maximum Gasteiger partial charge on any atom is 0.130 e. The molecule has 0 saturated heterocycles. The van der Waals surface area contributed by atoms with Gasteiger partial charge in [0.25, 0.3) is 0 Å². The Morgan fingerprint density at radius 1 is 1.47 bits per heavy atom. The highest BCUT2D eigenvalue weighted by Crippen LogP contribution is 2.61. The van der Waals surface area contributed by atoms with Gasteiger partial charge in [0.15, 0.2) is 0 Å². The van der Waals surface area contributed by atoms with Crippen LogP contribution in [0.4, 0.5) is 0 Å². The van der Waals surface area contributed by atoms with Crippen LogP contribution in [0.25, 0.3) is 0 Å². The van der Waals surface area contributed by atoms with Gasteiger partial charge in [-0.05, 0) is 49.9 Å². The lowest BCUT2D eigenvalue weighted by atomic mass is 9.79. The zero-order chi connectivity index (χ0) is 12.2. The van der Waals surface area contributed by atoms with Crippen LogP contribution >= 0.6 is 27.5 Å². The van der Waals surface area contributed by atoms with E-state index in [0.717, 1.165) is 34.4 Å². The van der Waals surface area contributed by atoms with Crippen molar-refractivity contribution in [2.24, 2.45) is 24.3 Å². The van der Waals surface area contributed by atoms with Gasteiger partial charge in [-0.15, -0.1) is 0 Å². The van der Waals surface area contributed by atoms with E-state index in [1.165, 1.54) is 24.8 Å². The van der Waals surface area contributed by atoms with E-state index in [1.807, 2.05) is 7.05 Å². The molecule has 2 fully saturated rings. The summed E-state index contributed by atoms with van der Waals surface area (Å²) in [6, 6.07) is 0. The number of alkyl halides is 1. The first kappa shape index (κ1) is 12.0. The molecule has 2 aliphatic carbocycles. The van der Waals surface area contributed by atoms with Gasteiger partial charge in [-0.2, -0.15) is 5.10 Å². The highest BCUT2D eigenvalue weighted by molar-refractivity contribution is 9.09. The van der Waals surface area contributed by atoms with Crippen LogP contribution in [0, 0.1) is 24.2 Å². The molecule has 2 saturated carbocycles. The second-order valence-corrected chi connectivity index (χ2v) is 6.87. The summed E-state index contributed by atoms with van der Waals surface area (Å²) < 4.78 is 1.80. The standard InChI is InChI=1S/C13H18BrClN2/c1-8-11(12(15)17(2)16-8)6-13(7-14)4-9-3-10(9)5-13/h9-10H,3-7H2,1-2H3. The van der Waals surface area contributed by atoms with Crippen LogP contribution in [0.15, 0.2) is 0 Å². The van der Waals surface area contributed by atoms with Gasteiger partial charge >= 0.3 is 0 Å². The number of aromatic nitrogens is 2. The third-order valence-electron chi connectivity index (χ3n) is 4.56. The number of nitrogens with zero attached hydrogens (tertiary/aromatic N) is 2. The third kappa shape index (κ3) is 1.95. The van der Waals surface area contributed by atoms with Gasteiger partial charge in [0.2, 0.25) is 0 Å². The Morgan fingerprint density at radius 3 is 2.59 bits per heavy atom. The van der Waals surface area contributed by atoms with Crippen molar-refractivity contribution in [1.29, 1.82) is 0 Å². The molecule has 1 heterocycles. The number of rotatable bonds is 3. The number of hydrogen-bond donors (Lipinski definition) is 0. The van der Waals surface area contributed by atoms with Crippen molar-refractivity contribution in [3.8, 4) is 0 Å². The lowest BCUT2D eigenvalue weighted by Crippen LogP contribution is -2.24. The minimum absolute atomic E-state index is 0.436. The average molecular weight is 318 g/mol. The summed E-state index contributed by atoms with van der Waals surface area (Å²) in [6.07, 6.45) is 5.29. The van der Waals surface area contributed by atoms with E-state index in [1.54, 1.807) is 4.68 Å². The van der Waals surface area contributed by atoms with Crippen molar-refractivity contribution >= 4 is 27.5 Å². The predicted octanol–water partition coefficient (Wildman–Crippen LogP) is 3.74. The largest absolute Gasteiger partial charge is 0.257 e. The molecular formula is C13H18BrClN2. The fourth-order valence-electron chi connectivity index (χ4n) is 3.56. The first-order chi connectivity index (χ1) is 8.04. The van der Waals surface area contributed by atoms with Crippen LogP contribution in [0.2, 0.25) is 5.15 Å². The molecule has 0 spiro atoms. The summed E-state index contributed by atoms with van der Waals surface area (Å²) in [5, 5.41) is 6.34. The average Bonchev–Trinajstić information content (AvgIpc) is 2.85. The molecule has 0 aromatic carbocycles. The molecule has 1 aromatic heterocycles. The van der Waals surface area contributed by atoms with Crippen molar-refractivity contribution in [2.75, 3.05) is 5.33 Å². The summed E-state index contributed by atoms with van der Waals surface area (Å²) in [6.45, 7) is 2.07. The molecule has 94 valence electrons. The Morgan fingerprint density at radius 2 is 2.12 bits per heavy atom. The van der Waals surface area contributed by atoms with E-state index in [9.17, 15) is 0 Å². The Bertz CT molecular complexity index is 445. The number of hydrogen-bond acceptors (Lipinski definition) is 1. The zero-order valence-corrected chi connectivity index (χ0v) is 12.7. The van der Waals surface area contributed by atoms with Gasteiger partial charge in [0, 0.05) is 17.9 Å². The summed E-state index contributed by atoms with van der Waals surface area (Å²) in [5.74, 6) is 2.01. The number of halogens is 2. The number of aryl methyl sites for hydroxylation is 2. The van der Waals surface area contributed by atoms with Gasteiger partial charge in [-0.25, -0.2) is 0 Å². The predicted molar refractivity (Wildman–Crippen MR) is 73.7 cm³/mol. The lowest BCUT2D eigenvalue weighted by Gasteiger charge is -2.28. The van der Waals surface area contributed by atoms with Gasteiger partial charge in [-0.1, -0.05) is 27.5 Å². The second-order valence-electron chi connectivity index (χ2n) is 5.95. The molecular weight excluding hydrogens is 300 g/mol. The molecule has 0 N–H and O–H groups in total. The van der Waals surface area contributed by atoms with Gasteiger partial charge < -0.3 is 0 Å². The number of fused-ring (bicyclic) bond motifs is 1. The van der Waals surface area contributed by atoms with Gasteiger partial charge in [0.1, 0.15) is 5.15 Å². The molecule has 0 amide bonds. The lowest BCUT2D eigenvalue weighted by molar-refractivity contribution is 0.307. The molecule has 2 unspecified atom stereocenters. The molecule has 0 radical (unpaired) electrons. The maximum absolute atomic E-state index is 6.34. The van der Waals surface area contributed by atoms with Crippen molar-refractivity contribution in [2.45, 2.75) is 32.6 Å². The maximum atomic E-state index is 6.34. The fourth-order valence-corrected chi connectivity index (χ4v) is 4.45. The minimum atomic E-state index is 0.436. The van der Waals surface area contributed by atoms with Crippen molar-refractivity contribution in [3.05, 3.63) is 16.4 Å². The Hall–Kier alpha value is -0.0200. The normalized spacial score (nSPS) is 35.1. The SMILES string of the molecule is Cc1nn(C)c(Cl)c1CC1(CBr)CC2CC2C1. The van der Waals surface area contributed by atoms with Crippen molar-refractivity contribution < 1.29 is 0 Å². The quantitative estimate of drug-likeness (QED) is 0.777. The highest BCUT2D eigenvalue weighted by atomic mass is 79.9. The molecule has 3 rings (SSSR count). The van der Waals surface area contributed by atoms with E-state index in [-0.39, 0.29) is 0 Å². The first-order valence-corrected chi connectivity index (χ1v) is 7.78. The van der Waals surface area contributed by atoms with E-state index in [2.05, 4.69) is 28.0 Å². The van der Waals surface area contributed by atoms with Gasteiger partial charge in [0.05, 0.1) is 5.69 Å². The van der Waals surface area contributed by atoms with Crippen LogP contribution in [-0.2, 0) is 13.5 Å².